The lowest BCUT2D eigenvalue weighted by atomic mass is 10.2. The Kier molecular flexibility index (Phi) is 7.38. The molecular formula is C24H25N3O7S2. The molecule has 1 amide bonds. The van der Waals surface area contributed by atoms with Crippen molar-refractivity contribution in [2.75, 3.05) is 20.8 Å². The molecule has 2 aromatic carbocycles. The van der Waals surface area contributed by atoms with Gasteiger partial charge in [-0.3, -0.25) is 9.59 Å². The topological polar surface area (TPSA) is 124 Å². The van der Waals surface area contributed by atoms with Crippen LogP contribution in [0.25, 0.3) is 10.2 Å². The van der Waals surface area contributed by atoms with Gasteiger partial charge in [0.2, 0.25) is 10.0 Å². The van der Waals surface area contributed by atoms with E-state index in [0.29, 0.717) is 15.8 Å². The molecule has 1 aromatic heterocycles. The van der Waals surface area contributed by atoms with Crippen LogP contribution in [0.15, 0.2) is 52.4 Å². The summed E-state index contributed by atoms with van der Waals surface area (Å²) in [5.41, 5.74) is 1.12. The van der Waals surface area contributed by atoms with Gasteiger partial charge in [-0.25, -0.2) is 13.2 Å². The van der Waals surface area contributed by atoms with Gasteiger partial charge in [0.25, 0.3) is 5.91 Å². The van der Waals surface area contributed by atoms with Crippen LogP contribution >= 0.6 is 11.3 Å². The van der Waals surface area contributed by atoms with E-state index >= 15 is 0 Å². The van der Waals surface area contributed by atoms with Gasteiger partial charge < -0.3 is 14.0 Å². The quantitative estimate of drug-likeness (QED) is 0.409. The SMILES string of the molecule is CCOC(=O)c1ccc2c(c1)sc(=NC(=O)c1ccc(S(=O)(=O)N(C)C3CC3)cc1)n2CC(=O)OC. The normalized spacial score (nSPS) is 14.3. The molecule has 1 aliphatic rings. The monoisotopic (exact) mass is 531 g/mol. The molecule has 0 spiro atoms. The van der Waals surface area contributed by atoms with Gasteiger partial charge in [-0.1, -0.05) is 11.3 Å². The molecule has 1 fully saturated rings. The van der Waals surface area contributed by atoms with Gasteiger partial charge in [0.05, 0.1) is 34.4 Å². The molecule has 36 heavy (non-hydrogen) atoms. The first-order chi connectivity index (χ1) is 17.1. The molecular weight excluding hydrogens is 506 g/mol. The molecule has 1 aliphatic carbocycles. The van der Waals surface area contributed by atoms with E-state index in [2.05, 4.69) is 4.99 Å². The predicted octanol–water partition coefficient (Wildman–Crippen LogP) is 2.58. The Labute approximate surface area is 211 Å². The smallest absolute Gasteiger partial charge is 0.338 e. The first-order valence-electron chi connectivity index (χ1n) is 11.2. The van der Waals surface area contributed by atoms with E-state index in [1.165, 1.54) is 40.2 Å². The number of aromatic nitrogens is 1. The number of carbonyl (C=O) groups is 3. The highest BCUT2D eigenvalue weighted by molar-refractivity contribution is 7.89. The number of hydrogen-bond acceptors (Lipinski definition) is 8. The maximum atomic E-state index is 12.9. The highest BCUT2D eigenvalue weighted by atomic mass is 32.2. The number of rotatable bonds is 8. The van der Waals surface area contributed by atoms with E-state index in [0.717, 1.165) is 24.2 Å². The number of ether oxygens (including phenoxy) is 2. The van der Waals surface area contributed by atoms with Crippen LogP contribution in [0.1, 0.15) is 40.5 Å². The fourth-order valence-electron chi connectivity index (χ4n) is 3.57. The highest BCUT2D eigenvalue weighted by Crippen LogP contribution is 2.30. The first kappa shape index (κ1) is 25.7. The zero-order valence-corrected chi connectivity index (χ0v) is 21.6. The van der Waals surface area contributed by atoms with E-state index < -0.39 is 27.9 Å². The molecule has 0 atom stereocenters. The maximum absolute atomic E-state index is 12.9. The lowest BCUT2D eigenvalue weighted by Gasteiger charge is -2.16. The average Bonchev–Trinajstić information content (AvgIpc) is 3.67. The molecule has 190 valence electrons. The molecule has 10 nitrogen and oxygen atoms in total. The summed E-state index contributed by atoms with van der Waals surface area (Å²) in [5, 5.41) is 0. The molecule has 0 unspecified atom stereocenters. The molecule has 1 heterocycles. The van der Waals surface area contributed by atoms with Crippen molar-refractivity contribution in [3.05, 3.63) is 58.4 Å². The molecule has 12 heteroatoms. The largest absolute Gasteiger partial charge is 0.468 e. The average molecular weight is 532 g/mol. The summed E-state index contributed by atoms with van der Waals surface area (Å²) < 4.78 is 38.8. The van der Waals surface area contributed by atoms with Crippen LogP contribution in [0.5, 0.6) is 0 Å². The molecule has 0 radical (unpaired) electrons. The van der Waals surface area contributed by atoms with Gasteiger partial charge >= 0.3 is 11.9 Å². The van der Waals surface area contributed by atoms with Gasteiger partial charge in [0.15, 0.2) is 4.80 Å². The zero-order chi connectivity index (χ0) is 26.0. The Hall–Kier alpha value is -3.35. The summed E-state index contributed by atoms with van der Waals surface area (Å²) in [6.45, 7) is 1.75. The van der Waals surface area contributed by atoms with E-state index in [-0.39, 0.29) is 34.5 Å². The van der Waals surface area contributed by atoms with Crippen molar-refractivity contribution in [2.24, 2.45) is 4.99 Å². The minimum Gasteiger partial charge on any atom is -0.468 e. The third-order valence-electron chi connectivity index (χ3n) is 5.75. The van der Waals surface area contributed by atoms with Gasteiger partial charge in [0, 0.05) is 18.7 Å². The Bertz CT molecular complexity index is 1500. The minimum absolute atomic E-state index is 0.0221. The summed E-state index contributed by atoms with van der Waals surface area (Å²) in [4.78, 5) is 41.6. The predicted molar refractivity (Wildman–Crippen MR) is 132 cm³/mol. The van der Waals surface area contributed by atoms with Crippen molar-refractivity contribution < 1.29 is 32.3 Å². The van der Waals surface area contributed by atoms with Crippen LogP contribution < -0.4 is 4.80 Å². The molecule has 4 rings (SSSR count). The van der Waals surface area contributed by atoms with E-state index in [9.17, 15) is 22.8 Å². The van der Waals surface area contributed by atoms with Crippen LogP contribution in [0, 0.1) is 0 Å². The van der Waals surface area contributed by atoms with Gasteiger partial charge in [-0.05, 0) is 62.2 Å². The summed E-state index contributed by atoms with van der Waals surface area (Å²) in [6, 6.07) is 10.5. The van der Waals surface area contributed by atoms with Crippen molar-refractivity contribution in [1.82, 2.24) is 8.87 Å². The van der Waals surface area contributed by atoms with E-state index in [1.807, 2.05) is 0 Å². The summed E-state index contributed by atoms with van der Waals surface area (Å²) in [6.07, 6.45) is 1.68. The van der Waals surface area contributed by atoms with Crippen LogP contribution in [0.3, 0.4) is 0 Å². The molecule has 1 saturated carbocycles. The third kappa shape index (κ3) is 5.25. The maximum Gasteiger partial charge on any atom is 0.338 e. The Morgan fingerprint density at radius 3 is 2.39 bits per heavy atom. The summed E-state index contributed by atoms with van der Waals surface area (Å²) in [5.74, 6) is -1.62. The fourth-order valence-corrected chi connectivity index (χ4v) is 6.05. The zero-order valence-electron chi connectivity index (χ0n) is 20.0. The number of carbonyl (C=O) groups excluding carboxylic acids is 3. The Morgan fingerprint density at radius 1 is 1.11 bits per heavy atom. The summed E-state index contributed by atoms with van der Waals surface area (Å²) >= 11 is 1.13. The van der Waals surface area contributed by atoms with Crippen LogP contribution in [0.4, 0.5) is 0 Å². The van der Waals surface area contributed by atoms with Crippen molar-refractivity contribution >= 4 is 49.4 Å². The molecule has 0 aliphatic heterocycles. The molecule has 3 aromatic rings. The number of benzene rings is 2. The number of amides is 1. The lowest BCUT2D eigenvalue weighted by Crippen LogP contribution is -2.28. The lowest BCUT2D eigenvalue weighted by molar-refractivity contribution is -0.141. The molecule has 0 saturated heterocycles. The van der Waals surface area contributed by atoms with Crippen molar-refractivity contribution in [3.63, 3.8) is 0 Å². The number of thiazole rings is 1. The molecule has 0 bridgehead atoms. The second-order valence-electron chi connectivity index (χ2n) is 8.14. The standard InChI is InChI=1S/C24H25N3O7S2/c1-4-34-23(30)16-7-12-19-20(13-16)35-24(27(19)14-21(28)33-3)25-22(29)15-5-10-18(11-6-15)36(31,32)26(2)17-8-9-17/h5-7,10-13,17H,4,8-9,14H2,1-3H3. The second kappa shape index (κ2) is 10.3. The Balaban J connectivity index is 1.70. The van der Waals surface area contributed by atoms with Crippen LogP contribution in [0.2, 0.25) is 0 Å². The van der Waals surface area contributed by atoms with Gasteiger partial charge in [-0.15, -0.1) is 0 Å². The van der Waals surface area contributed by atoms with E-state index in [1.54, 1.807) is 32.2 Å². The Morgan fingerprint density at radius 2 is 1.78 bits per heavy atom. The van der Waals surface area contributed by atoms with Crippen LogP contribution in [-0.4, -0.2) is 61.9 Å². The number of esters is 2. The van der Waals surface area contributed by atoms with Crippen molar-refractivity contribution in [2.45, 2.75) is 37.2 Å². The fraction of sp³-hybridized carbons (Fsp3) is 0.333. The highest BCUT2D eigenvalue weighted by Gasteiger charge is 2.35. The number of hydrogen-bond donors (Lipinski definition) is 0. The van der Waals surface area contributed by atoms with E-state index in [4.69, 9.17) is 9.47 Å². The minimum atomic E-state index is -3.63. The van der Waals surface area contributed by atoms with Gasteiger partial charge in [0.1, 0.15) is 6.54 Å². The number of sulfonamides is 1. The summed E-state index contributed by atoms with van der Waals surface area (Å²) in [7, 11) is -0.822. The first-order valence-corrected chi connectivity index (χ1v) is 13.5. The van der Waals surface area contributed by atoms with Gasteiger partial charge in [-0.2, -0.15) is 9.30 Å². The third-order valence-corrected chi connectivity index (χ3v) is 8.71. The number of methoxy groups -OCH3 is 1. The number of nitrogens with zero attached hydrogens (tertiary/aromatic N) is 3. The number of fused-ring (bicyclic) bond motifs is 1. The van der Waals surface area contributed by atoms with Crippen molar-refractivity contribution in [3.8, 4) is 0 Å². The van der Waals surface area contributed by atoms with Crippen LogP contribution in [-0.2, 0) is 30.8 Å². The van der Waals surface area contributed by atoms with Crippen molar-refractivity contribution in [1.29, 1.82) is 0 Å². The second-order valence-corrected chi connectivity index (χ2v) is 11.2. The molecule has 0 N–H and O–H groups in total.